The minimum absolute atomic E-state index is 0.357. The highest BCUT2D eigenvalue weighted by Gasteiger charge is 1.95. The Kier molecular flexibility index (Phi) is 18.9. The van der Waals surface area contributed by atoms with Crippen LogP contribution >= 0.6 is 7.92 Å². The molecule has 0 saturated heterocycles. The average molecular weight is 315 g/mol. The maximum atomic E-state index is 2.40. The Morgan fingerprint density at radius 3 is 1.00 bits per heavy atom. The number of hydrogen-bond acceptors (Lipinski definition) is 0. The maximum absolute atomic E-state index is 2.40. The lowest BCUT2D eigenvalue weighted by Crippen LogP contribution is -1.85. The van der Waals surface area contributed by atoms with Gasteiger partial charge in [0.2, 0.25) is 0 Å². The van der Waals surface area contributed by atoms with E-state index in [1.807, 2.05) is 0 Å². The van der Waals surface area contributed by atoms with E-state index < -0.39 is 0 Å². The Bertz CT molecular complexity index is 177. The first-order valence-electron chi connectivity index (χ1n) is 9.92. The van der Waals surface area contributed by atoms with Crippen molar-refractivity contribution >= 4 is 7.92 Å². The lowest BCUT2D eigenvalue weighted by atomic mass is 10.0. The molecule has 0 radical (unpaired) electrons. The molecule has 1 heteroatoms. The third-order valence-electron chi connectivity index (χ3n) is 4.46. The topological polar surface area (TPSA) is 0 Å². The summed E-state index contributed by atoms with van der Waals surface area (Å²) in [7, 11) is 0.357. The normalized spacial score (nSPS) is 11.4. The molecular formula is C20H43P. The molecule has 0 nitrogen and oxygen atoms in total. The van der Waals surface area contributed by atoms with Gasteiger partial charge >= 0.3 is 0 Å². The molecule has 0 atom stereocenters. The molecular weight excluding hydrogens is 271 g/mol. The van der Waals surface area contributed by atoms with Gasteiger partial charge in [-0.15, -0.1) is 7.92 Å². The van der Waals surface area contributed by atoms with Gasteiger partial charge in [0.05, 0.1) is 0 Å². The Morgan fingerprint density at radius 2 is 0.714 bits per heavy atom. The van der Waals surface area contributed by atoms with E-state index in [-0.39, 0.29) is 0 Å². The second-order valence-corrected chi connectivity index (χ2v) is 9.71. The highest BCUT2D eigenvalue weighted by atomic mass is 31.1. The van der Waals surface area contributed by atoms with Gasteiger partial charge in [0.15, 0.2) is 0 Å². The van der Waals surface area contributed by atoms with Crippen LogP contribution in [0, 0.1) is 0 Å². The molecule has 128 valence electrons. The molecule has 0 saturated carbocycles. The molecule has 0 aromatic rings. The predicted molar refractivity (Wildman–Crippen MR) is 103 cm³/mol. The highest BCUT2D eigenvalue weighted by molar-refractivity contribution is 7.55. The van der Waals surface area contributed by atoms with Crippen molar-refractivity contribution in [3.05, 3.63) is 0 Å². The first-order chi connectivity index (χ1) is 10.3. The Balaban J connectivity index is 2.93. The lowest BCUT2D eigenvalue weighted by molar-refractivity contribution is 0.531. The summed E-state index contributed by atoms with van der Waals surface area (Å²) in [4.78, 5) is 0. The summed E-state index contributed by atoms with van der Waals surface area (Å²) in [5.74, 6) is 0. The first-order valence-corrected chi connectivity index (χ1v) is 12.3. The Hall–Kier alpha value is 0.430. The van der Waals surface area contributed by atoms with Crippen LogP contribution in [0.4, 0.5) is 0 Å². The van der Waals surface area contributed by atoms with Crippen LogP contribution in [0.5, 0.6) is 0 Å². The van der Waals surface area contributed by atoms with Crippen LogP contribution in [0.1, 0.15) is 110 Å². The summed E-state index contributed by atoms with van der Waals surface area (Å²) < 4.78 is 0. The number of unbranched alkanes of at least 4 members (excludes halogenated alkanes) is 15. The van der Waals surface area contributed by atoms with Crippen molar-refractivity contribution in [2.75, 3.05) is 19.5 Å². The fourth-order valence-corrected chi connectivity index (χ4v) is 3.83. The highest BCUT2D eigenvalue weighted by Crippen LogP contribution is 2.26. The minimum atomic E-state index is 0.357. The van der Waals surface area contributed by atoms with Crippen molar-refractivity contribution in [1.82, 2.24) is 0 Å². The molecule has 0 spiro atoms. The van der Waals surface area contributed by atoms with Crippen molar-refractivity contribution in [2.45, 2.75) is 110 Å². The van der Waals surface area contributed by atoms with Crippen molar-refractivity contribution in [3.63, 3.8) is 0 Å². The predicted octanol–water partition coefficient (Wildman–Crippen LogP) is 7.99. The van der Waals surface area contributed by atoms with E-state index >= 15 is 0 Å². The van der Waals surface area contributed by atoms with Crippen LogP contribution in [-0.4, -0.2) is 19.5 Å². The van der Waals surface area contributed by atoms with E-state index in [1.54, 1.807) is 0 Å². The molecule has 0 amide bonds. The van der Waals surface area contributed by atoms with Gasteiger partial charge in [0.25, 0.3) is 0 Å². The second kappa shape index (κ2) is 18.5. The van der Waals surface area contributed by atoms with Gasteiger partial charge in [-0.2, -0.15) is 0 Å². The van der Waals surface area contributed by atoms with Gasteiger partial charge in [0.1, 0.15) is 0 Å². The zero-order chi connectivity index (χ0) is 15.6. The van der Waals surface area contributed by atoms with Crippen LogP contribution in [0.15, 0.2) is 0 Å². The lowest BCUT2D eigenvalue weighted by Gasteiger charge is -2.05. The van der Waals surface area contributed by atoms with E-state index in [1.165, 1.54) is 109 Å². The summed E-state index contributed by atoms with van der Waals surface area (Å²) in [5.41, 5.74) is 0. The number of hydrogen-bond donors (Lipinski definition) is 0. The summed E-state index contributed by atoms with van der Waals surface area (Å²) in [5, 5.41) is 0. The summed E-state index contributed by atoms with van der Waals surface area (Å²) in [6.45, 7) is 7.10. The Labute approximate surface area is 137 Å². The standard InChI is InChI=1S/C20H43P/c1-4-5-6-7-8-9-10-11-12-13-14-15-16-17-18-19-20-21(2)3/h4-20H2,1-3H3. The smallest absolute Gasteiger partial charge is 0.0331 e. The van der Waals surface area contributed by atoms with Crippen molar-refractivity contribution in [3.8, 4) is 0 Å². The van der Waals surface area contributed by atoms with Gasteiger partial charge in [0, 0.05) is 0 Å². The summed E-state index contributed by atoms with van der Waals surface area (Å²) in [6.07, 6.45) is 25.1. The molecule has 0 rings (SSSR count). The molecule has 21 heavy (non-hydrogen) atoms. The fraction of sp³-hybridized carbons (Fsp3) is 1.00. The first kappa shape index (κ1) is 21.4. The molecule has 0 N–H and O–H groups in total. The van der Waals surface area contributed by atoms with Crippen molar-refractivity contribution in [1.29, 1.82) is 0 Å². The molecule has 0 aromatic carbocycles. The van der Waals surface area contributed by atoms with Crippen LogP contribution in [0.3, 0.4) is 0 Å². The van der Waals surface area contributed by atoms with E-state index in [2.05, 4.69) is 20.3 Å². The molecule has 0 bridgehead atoms. The van der Waals surface area contributed by atoms with E-state index in [9.17, 15) is 0 Å². The van der Waals surface area contributed by atoms with Gasteiger partial charge in [-0.1, -0.05) is 103 Å². The van der Waals surface area contributed by atoms with Crippen LogP contribution in [-0.2, 0) is 0 Å². The summed E-state index contributed by atoms with van der Waals surface area (Å²) >= 11 is 0. The van der Waals surface area contributed by atoms with Gasteiger partial charge in [-0.05, 0) is 25.9 Å². The van der Waals surface area contributed by atoms with Crippen molar-refractivity contribution < 1.29 is 0 Å². The third kappa shape index (κ3) is 20.4. The molecule has 0 aliphatic carbocycles. The van der Waals surface area contributed by atoms with E-state index in [0.29, 0.717) is 7.92 Å². The largest absolute Gasteiger partial charge is 0.113 e. The van der Waals surface area contributed by atoms with E-state index in [0.717, 1.165) is 0 Å². The van der Waals surface area contributed by atoms with E-state index in [4.69, 9.17) is 0 Å². The van der Waals surface area contributed by atoms with Gasteiger partial charge in [-0.25, -0.2) is 0 Å². The maximum Gasteiger partial charge on any atom is -0.0331 e. The van der Waals surface area contributed by atoms with Crippen LogP contribution < -0.4 is 0 Å². The van der Waals surface area contributed by atoms with Crippen LogP contribution in [0.2, 0.25) is 0 Å². The van der Waals surface area contributed by atoms with Crippen LogP contribution in [0.25, 0.3) is 0 Å². The Morgan fingerprint density at radius 1 is 0.429 bits per heavy atom. The minimum Gasteiger partial charge on any atom is -0.113 e. The molecule has 0 fully saturated rings. The molecule has 0 heterocycles. The molecule has 0 aromatic heterocycles. The van der Waals surface area contributed by atoms with Crippen molar-refractivity contribution in [2.24, 2.45) is 0 Å². The molecule has 0 aliphatic heterocycles. The molecule has 0 aliphatic rings. The molecule has 0 unspecified atom stereocenters. The third-order valence-corrected chi connectivity index (χ3v) is 5.67. The fourth-order valence-electron chi connectivity index (χ4n) is 2.98. The van der Waals surface area contributed by atoms with Gasteiger partial charge < -0.3 is 0 Å². The average Bonchev–Trinajstić information content (AvgIpc) is 2.46. The SMILES string of the molecule is CCCCCCCCCCCCCCCCCCP(C)C. The number of rotatable bonds is 17. The summed E-state index contributed by atoms with van der Waals surface area (Å²) in [6, 6.07) is 0. The zero-order valence-corrected chi connectivity index (χ0v) is 16.4. The monoisotopic (exact) mass is 314 g/mol. The zero-order valence-electron chi connectivity index (χ0n) is 15.5. The van der Waals surface area contributed by atoms with Gasteiger partial charge in [-0.3, -0.25) is 0 Å². The second-order valence-electron chi connectivity index (χ2n) is 7.11. The quantitative estimate of drug-likeness (QED) is 0.188.